The highest BCUT2D eigenvalue weighted by Gasteiger charge is 2.10. The molecule has 0 saturated carbocycles. The van der Waals surface area contributed by atoms with E-state index in [-0.39, 0.29) is 5.78 Å². The van der Waals surface area contributed by atoms with Crippen LogP contribution in [-0.4, -0.2) is 10.5 Å². The second kappa shape index (κ2) is 3.38. The van der Waals surface area contributed by atoms with E-state index in [1.807, 2.05) is 18.2 Å². The fourth-order valence-corrected chi connectivity index (χ4v) is 1.32. The molecule has 0 aliphatic carbocycles. The topological polar surface area (TPSA) is 48.0 Å². The number of carbonyl (C=O) groups excluding carboxylic acids is 1. The second-order valence-electron chi connectivity index (χ2n) is 3.00. The summed E-state index contributed by atoms with van der Waals surface area (Å²) in [5, 5.41) is 0. The van der Waals surface area contributed by atoms with Gasteiger partial charge in [-0.3, -0.25) is 9.47 Å². The van der Waals surface area contributed by atoms with Gasteiger partial charge in [0.2, 0.25) is 5.78 Å². The highest BCUT2D eigenvalue weighted by atomic mass is 16.1. The Kier molecular flexibility index (Phi) is 2.07. The average Bonchev–Trinajstić information content (AvgIpc) is 2.65. The summed E-state index contributed by atoms with van der Waals surface area (Å²) in [6, 6.07) is 12.5. The summed E-state index contributed by atoms with van der Waals surface area (Å²) in [6.45, 7) is 0. The van der Waals surface area contributed by atoms with E-state index in [2.05, 4.69) is 0 Å². The van der Waals surface area contributed by atoms with E-state index >= 15 is 0 Å². The molecule has 0 amide bonds. The molecule has 0 aliphatic rings. The molecule has 0 aliphatic heterocycles. The first-order valence-corrected chi connectivity index (χ1v) is 4.31. The average molecular weight is 186 g/mol. The molecule has 0 fully saturated rings. The highest BCUT2D eigenvalue weighted by Crippen LogP contribution is 2.08. The van der Waals surface area contributed by atoms with Crippen molar-refractivity contribution >= 4 is 5.78 Å². The number of aromatic nitrogens is 1. The van der Waals surface area contributed by atoms with Gasteiger partial charge in [0, 0.05) is 11.8 Å². The maximum atomic E-state index is 11.8. The maximum absolute atomic E-state index is 11.8. The maximum Gasteiger partial charge on any atom is 0.211 e. The second-order valence-corrected chi connectivity index (χ2v) is 3.00. The predicted molar refractivity (Wildman–Crippen MR) is 54.5 cm³/mol. The molecule has 1 heterocycles. The van der Waals surface area contributed by atoms with Gasteiger partial charge in [-0.15, -0.1) is 0 Å². The highest BCUT2D eigenvalue weighted by molar-refractivity contribution is 6.07. The normalized spacial score (nSPS) is 10.0. The fourth-order valence-electron chi connectivity index (χ4n) is 1.32. The monoisotopic (exact) mass is 186 g/mol. The molecule has 0 radical (unpaired) electrons. The van der Waals surface area contributed by atoms with Crippen molar-refractivity contribution in [1.29, 1.82) is 0 Å². The molecular formula is C11H10N2O. The van der Waals surface area contributed by atoms with Crippen LogP contribution in [0.3, 0.4) is 0 Å². The molecule has 1 aromatic carbocycles. The zero-order valence-electron chi connectivity index (χ0n) is 7.55. The predicted octanol–water partition coefficient (Wildman–Crippen LogP) is 1.43. The van der Waals surface area contributed by atoms with Gasteiger partial charge >= 0.3 is 0 Å². The molecule has 2 rings (SSSR count). The summed E-state index contributed by atoms with van der Waals surface area (Å²) < 4.78 is 1.33. The number of rotatable bonds is 2. The third kappa shape index (κ3) is 1.40. The number of nitrogen functional groups attached to an aromatic ring is 1. The number of nitrogens with zero attached hydrogens (tertiary/aromatic N) is 1. The molecule has 70 valence electrons. The number of nitrogens with two attached hydrogens (primary N) is 1. The molecule has 0 atom stereocenters. The van der Waals surface area contributed by atoms with Gasteiger partial charge in [-0.25, -0.2) is 0 Å². The molecule has 0 saturated heterocycles. The number of carbonyl (C=O) groups is 1. The molecule has 0 bridgehead atoms. The van der Waals surface area contributed by atoms with Gasteiger partial charge in [0.15, 0.2) is 0 Å². The summed E-state index contributed by atoms with van der Waals surface area (Å²) >= 11 is 0. The van der Waals surface area contributed by atoms with Crippen molar-refractivity contribution in [2.45, 2.75) is 0 Å². The lowest BCUT2D eigenvalue weighted by Crippen LogP contribution is -2.15. The van der Waals surface area contributed by atoms with Gasteiger partial charge in [0.1, 0.15) is 5.69 Å². The molecule has 3 heteroatoms. The first kappa shape index (κ1) is 8.56. The van der Waals surface area contributed by atoms with Crippen LogP contribution in [0.2, 0.25) is 0 Å². The molecule has 14 heavy (non-hydrogen) atoms. The van der Waals surface area contributed by atoms with Crippen LogP contribution in [-0.2, 0) is 0 Å². The van der Waals surface area contributed by atoms with Crippen molar-refractivity contribution in [3.63, 3.8) is 0 Å². The molecule has 0 unspecified atom stereocenters. The third-order valence-corrected chi connectivity index (χ3v) is 2.05. The van der Waals surface area contributed by atoms with Crippen LogP contribution in [0.5, 0.6) is 0 Å². The third-order valence-electron chi connectivity index (χ3n) is 2.05. The van der Waals surface area contributed by atoms with E-state index in [1.165, 1.54) is 4.68 Å². The van der Waals surface area contributed by atoms with E-state index in [0.29, 0.717) is 11.3 Å². The Bertz CT molecular complexity index is 445. The Hall–Kier alpha value is -2.03. The Morgan fingerprint density at radius 3 is 2.36 bits per heavy atom. The molecular weight excluding hydrogens is 176 g/mol. The fraction of sp³-hybridized carbons (Fsp3) is 0. The summed E-state index contributed by atoms with van der Waals surface area (Å²) in [4.78, 5) is 11.8. The minimum absolute atomic E-state index is 0.0573. The molecule has 2 N–H and O–H groups in total. The van der Waals surface area contributed by atoms with E-state index in [9.17, 15) is 4.79 Å². The first-order chi connectivity index (χ1) is 6.79. The van der Waals surface area contributed by atoms with Crippen LogP contribution >= 0.6 is 0 Å². The Balaban J connectivity index is 2.39. The number of hydrogen-bond donors (Lipinski definition) is 1. The first-order valence-electron chi connectivity index (χ1n) is 4.31. The summed E-state index contributed by atoms with van der Waals surface area (Å²) in [5.74, 6) is 5.52. The summed E-state index contributed by atoms with van der Waals surface area (Å²) in [5.41, 5.74) is 1.15. The quantitative estimate of drug-likeness (QED) is 0.569. The van der Waals surface area contributed by atoms with Crippen LogP contribution in [0.15, 0.2) is 48.7 Å². The zero-order valence-corrected chi connectivity index (χ0v) is 7.55. The van der Waals surface area contributed by atoms with Crippen LogP contribution in [0.4, 0.5) is 0 Å². The number of hydrogen-bond acceptors (Lipinski definition) is 2. The lowest BCUT2D eigenvalue weighted by molar-refractivity contribution is 0.103. The van der Waals surface area contributed by atoms with Crippen molar-refractivity contribution in [2.75, 3.05) is 5.84 Å². The molecule has 1 aromatic heterocycles. The van der Waals surface area contributed by atoms with Crippen molar-refractivity contribution < 1.29 is 4.79 Å². The van der Waals surface area contributed by atoms with Crippen molar-refractivity contribution in [3.05, 3.63) is 59.9 Å². The zero-order chi connectivity index (χ0) is 9.97. The largest absolute Gasteiger partial charge is 0.339 e. The van der Waals surface area contributed by atoms with Gasteiger partial charge in [-0.05, 0) is 12.1 Å². The van der Waals surface area contributed by atoms with Gasteiger partial charge in [0.25, 0.3) is 0 Å². The number of benzene rings is 1. The lowest BCUT2D eigenvalue weighted by atomic mass is 10.1. The summed E-state index contributed by atoms with van der Waals surface area (Å²) in [6.07, 6.45) is 1.65. The van der Waals surface area contributed by atoms with Gasteiger partial charge < -0.3 is 5.84 Å². The minimum atomic E-state index is -0.0573. The standard InChI is InChI=1S/C11H10N2O/c12-13-8-4-7-10(13)11(14)9-5-2-1-3-6-9/h1-8H,12H2. The van der Waals surface area contributed by atoms with Crippen LogP contribution < -0.4 is 5.84 Å². The van der Waals surface area contributed by atoms with Crippen LogP contribution in [0, 0.1) is 0 Å². The smallest absolute Gasteiger partial charge is 0.211 e. The van der Waals surface area contributed by atoms with E-state index in [1.54, 1.807) is 30.5 Å². The Morgan fingerprint density at radius 1 is 1.07 bits per heavy atom. The summed E-state index contributed by atoms with van der Waals surface area (Å²) in [7, 11) is 0. The van der Waals surface area contributed by atoms with Crippen molar-refractivity contribution in [3.8, 4) is 0 Å². The van der Waals surface area contributed by atoms with Crippen LogP contribution in [0.1, 0.15) is 16.1 Å². The molecule has 2 aromatic rings. The van der Waals surface area contributed by atoms with Gasteiger partial charge in [-0.1, -0.05) is 30.3 Å². The van der Waals surface area contributed by atoms with E-state index < -0.39 is 0 Å². The Labute approximate surface area is 81.7 Å². The Morgan fingerprint density at radius 2 is 1.79 bits per heavy atom. The van der Waals surface area contributed by atoms with E-state index in [4.69, 9.17) is 5.84 Å². The van der Waals surface area contributed by atoms with Crippen molar-refractivity contribution in [1.82, 2.24) is 4.68 Å². The van der Waals surface area contributed by atoms with Crippen molar-refractivity contribution in [2.24, 2.45) is 0 Å². The van der Waals surface area contributed by atoms with Gasteiger partial charge in [0.05, 0.1) is 0 Å². The van der Waals surface area contributed by atoms with Crippen LogP contribution in [0.25, 0.3) is 0 Å². The molecule has 3 nitrogen and oxygen atoms in total. The lowest BCUT2D eigenvalue weighted by Gasteiger charge is -2.01. The van der Waals surface area contributed by atoms with E-state index in [0.717, 1.165) is 0 Å². The number of ketones is 1. The SMILES string of the molecule is Nn1cccc1C(=O)c1ccccc1. The minimum Gasteiger partial charge on any atom is -0.339 e. The van der Waals surface area contributed by atoms with Gasteiger partial charge in [-0.2, -0.15) is 0 Å². The molecule has 0 spiro atoms.